The van der Waals surface area contributed by atoms with Crippen molar-refractivity contribution < 1.29 is 22.7 Å². The number of methoxy groups -OCH3 is 1. The highest BCUT2D eigenvalue weighted by Gasteiger charge is 2.31. The Bertz CT molecular complexity index is 451. The Labute approximate surface area is 119 Å². The van der Waals surface area contributed by atoms with Crippen LogP contribution in [0.25, 0.3) is 0 Å². The van der Waals surface area contributed by atoms with E-state index in [0.29, 0.717) is 13.2 Å². The number of nitrogens with one attached hydrogen (secondary N) is 1. The van der Waals surface area contributed by atoms with Gasteiger partial charge in [0, 0.05) is 26.7 Å². The standard InChI is InChI=1S/C11H21N3O5S/c1-3-20(17,18)14-6-5-13(11(16)9-14)8-10(15)12-4-7-19-2/h3-9H2,1-2H3,(H,12,15). The zero-order valence-corrected chi connectivity index (χ0v) is 12.6. The van der Waals surface area contributed by atoms with Gasteiger partial charge in [-0.25, -0.2) is 8.42 Å². The Balaban J connectivity index is 2.45. The van der Waals surface area contributed by atoms with Gasteiger partial charge < -0.3 is 15.0 Å². The number of sulfonamides is 1. The van der Waals surface area contributed by atoms with E-state index in [4.69, 9.17) is 4.74 Å². The van der Waals surface area contributed by atoms with Gasteiger partial charge in [0.1, 0.15) is 0 Å². The highest BCUT2D eigenvalue weighted by atomic mass is 32.2. The second kappa shape index (κ2) is 7.55. The van der Waals surface area contributed by atoms with Crippen molar-refractivity contribution in [1.82, 2.24) is 14.5 Å². The molecule has 0 atom stereocenters. The SMILES string of the molecule is CCS(=O)(=O)N1CCN(CC(=O)NCCOC)C(=O)C1. The van der Waals surface area contributed by atoms with Gasteiger partial charge in [0.05, 0.1) is 25.4 Å². The molecule has 0 aliphatic carbocycles. The first-order chi connectivity index (χ1) is 9.40. The van der Waals surface area contributed by atoms with Gasteiger partial charge in [0.2, 0.25) is 21.8 Å². The van der Waals surface area contributed by atoms with Crippen LogP contribution in [0.5, 0.6) is 0 Å². The van der Waals surface area contributed by atoms with E-state index in [1.165, 1.54) is 18.9 Å². The molecule has 1 saturated heterocycles. The zero-order valence-electron chi connectivity index (χ0n) is 11.8. The topological polar surface area (TPSA) is 96.0 Å². The summed E-state index contributed by atoms with van der Waals surface area (Å²) in [6.45, 7) is 2.54. The average molecular weight is 307 g/mol. The van der Waals surface area contributed by atoms with Gasteiger partial charge in [-0.3, -0.25) is 9.59 Å². The van der Waals surface area contributed by atoms with Gasteiger partial charge in [0.15, 0.2) is 0 Å². The minimum atomic E-state index is -3.35. The molecule has 0 aromatic rings. The first kappa shape index (κ1) is 16.9. The fourth-order valence-corrected chi connectivity index (χ4v) is 2.83. The van der Waals surface area contributed by atoms with E-state index in [2.05, 4.69) is 5.32 Å². The Kier molecular flexibility index (Phi) is 6.37. The molecule has 0 radical (unpaired) electrons. The fourth-order valence-electron chi connectivity index (χ4n) is 1.80. The average Bonchev–Trinajstić information content (AvgIpc) is 2.41. The Hall–Kier alpha value is -1.19. The molecule has 0 unspecified atom stereocenters. The van der Waals surface area contributed by atoms with Crippen molar-refractivity contribution in [1.29, 1.82) is 0 Å². The molecule has 0 bridgehead atoms. The van der Waals surface area contributed by atoms with Crippen LogP contribution in [0.4, 0.5) is 0 Å². The third-order valence-electron chi connectivity index (χ3n) is 3.00. The van der Waals surface area contributed by atoms with E-state index in [9.17, 15) is 18.0 Å². The number of carbonyl (C=O) groups excluding carboxylic acids is 2. The van der Waals surface area contributed by atoms with Gasteiger partial charge in [-0.2, -0.15) is 4.31 Å². The summed E-state index contributed by atoms with van der Waals surface area (Å²) in [5.41, 5.74) is 0. The summed E-state index contributed by atoms with van der Waals surface area (Å²) in [4.78, 5) is 24.8. The van der Waals surface area contributed by atoms with Crippen LogP contribution in [-0.2, 0) is 24.3 Å². The van der Waals surface area contributed by atoms with Crippen molar-refractivity contribution in [2.45, 2.75) is 6.92 Å². The van der Waals surface area contributed by atoms with Crippen LogP contribution in [0.1, 0.15) is 6.92 Å². The van der Waals surface area contributed by atoms with Crippen molar-refractivity contribution in [2.24, 2.45) is 0 Å². The predicted molar refractivity (Wildman–Crippen MR) is 72.5 cm³/mol. The normalized spacial score (nSPS) is 17.3. The molecule has 8 nitrogen and oxygen atoms in total. The Morgan fingerprint density at radius 2 is 2.10 bits per heavy atom. The minimum Gasteiger partial charge on any atom is -0.383 e. The molecule has 0 saturated carbocycles. The van der Waals surface area contributed by atoms with Crippen LogP contribution in [-0.4, -0.2) is 81.6 Å². The van der Waals surface area contributed by atoms with E-state index in [1.54, 1.807) is 0 Å². The van der Waals surface area contributed by atoms with Crippen molar-refractivity contribution in [3.05, 3.63) is 0 Å². The van der Waals surface area contributed by atoms with Crippen LogP contribution < -0.4 is 5.32 Å². The van der Waals surface area contributed by atoms with E-state index >= 15 is 0 Å². The fraction of sp³-hybridized carbons (Fsp3) is 0.818. The van der Waals surface area contributed by atoms with Crippen molar-refractivity contribution in [3.8, 4) is 0 Å². The number of piperazine rings is 1. The molecule has 2 amide bonds. The number of carbonyl (C=O) groups is 2. The summed E-state index contributed by atoms with van der Waals surface area (Å²) in [7, 11) is -1.82. The Morgan fingerprint density at radius 3 is 2.65 bits per heavy atom. The number of hydrogen-bond acceptors (Lipinski definition) is 5. The van der Waals surface area contributed by atoms with Gasteiger partial charge in [-0.15, -0.1) is 0 Å². The third kappa shape index (κ3) is 4.73. The molecule has 1 fully saturated rings. The summed E-state index contributed by atoms with van der Waals surface area (Å²) in [6, 6.07) is 0. The number of nitrogens with zero attached hydrogens (tertiary/aromatic N) is 2. The van der Waals surface area contributed by atoms with Crippen LogP contribution in [0.15, 0.2) is 0 Å². The van der Waals surface area contributed by atoms with Crippen LogP contribution in [0, 0.1) is 0 Å². The molecule has 20 heavy (non-hydrogen) atoms. The summed E-state index contributed by atoms with van der Waals surface area (Å²) in [6.07, 6.45) is 0. The summed E-state index contributed by atoms with van der Waals surface area (Å²) < 4.78 is 29.3. The van der Waals surface area contributed by atoms with Crippen molar-refractivity contribution >= 4 is 21.8 Å². The molecular weight excluding hydrogens is 286 g/mol. The lowest BCUT2D eigenvalue weighted by molar-refractivity contribution is -0.138. The highest BCUT2D eigenvalue weighted by Crippen LogP contribution is 2.08. The van der Waals surface area contributed by atoms with Gasteiger partial charge >= 0.3 is 0 Å². The number of hydrogen-bond donors (Lipinski definition) is 1. The number of amides is 2. The first-order valence-corrected chi connectivity index (χ1v) is 8.03. The smallest absolute Gasteiger partial charge is 0.239 e. The maximum Gasteiger partial charge on any atom is 0.239 e. The number of rotatable bonds is 7. The van der Waals surface area contributed by atoms with Gasteiger partial charge in [-0.05, 0) is 6.92 Å². The molecule has 0 aromatic heterocycles. The van der Waals surface area contributed by atoms with Crippen LogP contribution in [0.2, 0.25) is 0 Å². The van der Waals surface area contributed by atoms with Crippen LogP contribution in [0.3, 0.4) is 0 Å². The molecule has 0 aromatic carbocycles. The molecule has 9 heteroatoms. The monoisotopic (exact) mass is 307 g/mol. The zero-order chi connectivity index (χ0) is 15.2. The Morgan fingerprint density at radius 1 is 1.40 bits per heavy atom. The predicted octanol–water partition coefficient (Wildman–Crippen LogP) is -1.76. The molecule has 1 aliphatic heterocycles. The molecule has 116 valence electrons. The van der Waals surface area contributed by atoms with Gasteiger partial charge in [0.25, 0.3) is 0 Å². The minimum absolute atomic E-state index is 0.0300. The second-order valence-electron chi connectivity index (χ2n) is 4.39. The van der Waals surface area contributed by atoms with Crippen molar-refractivity contribution in [3.63, 3.8) is 0 Å². The number of ether oxygens (including phenoxy) is 1. The second-order valence-corrected chi connectivity index (χ2v) is 6.65. The lowest BCUT2D eigenvalue weighted by atomic mass is 10.3. The molecule has 1 heterocycles. The maximum absolute atomic E-state index is 11.8. The van der Waals surface area contributed by atoms with E-state index in [-0.39, 0.29) is 43.7 Å². The summed E-state index contributed by atoms with van der Waals surface area (Å²) >= 11 is 0. The third-order valence-corrected chi connectivity index (χ3v) is 4.83. The first-order valence-electron chi connectivity index (χ1n) is 6.42. The van der Waals surface area contributed by atoms with Gasteiger partial charge in [-0.1, -0.05) is 0 Å². The lowest BCUT2D eigenvalue weighted by Crippen LogP contribution is -2.54. The van der Waals surface area contributed by atoms with Crippen molar-refractivity contribution in [2.75, 3.05) is 52.2 Å². The molecular formula is C11H21N3O5S. The highest BCUT2D eigenvalue weighted by molar-refractivity contribution is 7.89. The maximum atomic E-state index is 11.8. The molecule has 1 N–H and O–H groups in total. The summed E-state index contributed by atoms with van der Waals surface area (Å²) in [5, 5.41) is 2.61. The largest absolute Gasteiger partial charge is 0.383 e. The summed E-state index contributed by atoms with van der Waals surface area (Å²) in [5.74, 6) is -0.657. The lowest BCUT2D eigenvalue weighted by Gasteiger charge is -2.33. The van der Waals surface area contributed by atoms with E-state index < -0.39 is 10.0 Å². The van der Waals surface area contributed by atoms with E-state index in [0.717, 1.165) is 4.31 Å². The molecule has 1 aliphatic rings. The molecule has 0 spiro atoms. The van der Waals surface area contributed by atoms with E-state index in [1.807, 2.05) is 0 Å². The molecule has 1 rings (SSSR count). The van der Waals surface area contributed by atoms with Crippen LogP contribution >= 0.6 is 0 Å². The quantitative estimate of drug-likeness (QED) is 0.562.